The van der Waals surface area contributed by atoms with Crippen LogP contribution in [0, 0.1) is 0 Å². The molecule has 0 radical (unpaired) electrons. The summed E-state index contributed by atoms with van der Waals surface area (Å²) >= 11 is 6.06. The molecule has 0 bridgehead atoms. The molecule has 0 spiro atoms. The average Bonchev–Trinajstić information content (AvgIpc) is 3.46. The molecule has 3 aromatic heterocycles. The average molecular weight is 445 g/mol. The van der Waals surface area contributed by atoms with Gasteiger partial charge in [0.2, 0.25) is 5.89 Å². The number of fused-ring (bicyclic) bond motifs is 1. The summed E-state index contributed by atoms with van der Waals surface area (Å²) in [6.45, 7) is 2.83. The predicted molar refractivity (Wildman–Crippen MR) is 117 cm³/mol. The van der Waals surface area contributed by atoms with Crippen LogP contribution in [0.3, 0.4) is 0 Å². The minimum absolute atomic E-state index is 0.268. The van der Waals surface area contributed by atoms with E-state index < -0.39 is 0 Å². The largest absolute Gasteiger partial charge is 0.354 e. The van der Waals surface area contributed by atoms with Gasteiger partial charge in [0, 0.05) is 44.9 Å². The van der Waals surface area contributed by atoms with Crippen molar-refractivity contribution >= 4 is 22.6 Å². The van der Waals surface area contributed by atoms with Crippen molar-refractivity contribution in [3.8, 4) is 0 Å². The second-order valence-electron chi connectivity index (χ2n) is 7.71. The van der Waals surface area contributed by atoms with Gasteiger partial charge in [-0.05, 0) is 25.0 Å². The number of halogens is 1. The molecule has 4 rings (SSSR count). The zero-order valence-electron chi connectivity index (χ0n) is 17.7. The molecular weight excluding hydrogens is 420 g/mol. The fraction of sp³-hybridized carbons (Fsp3) is 0.476. The summed E-state index contributed by atoms with van der Waals surface area (Å²) < 4.78 is 10.2. The maximum atomic E-state index is 13.0. The van der Waals surface area contributed by atoms with Crippen LogP contribution in [-0.4, -0.2) is 29.0 Å². The molecule has 10 heteroatoms. The van der Waals surface area contributed by atoms with Crippen molar-refractivity contribution in [1.82, 2.24) is 23.8 Å². The maximum Gasteiger partial charge on any atom is 0.332 e. The van der Waals surface area contributed by atoms with Gasteiger partial charge in [-0.15, -0.1) is 0 Å². The van der Waals surface area contributed by atoms with Crippen molar-refractivity contribution in [3.05, 3.63) is 62.1 Å². The van der Waals surface area contributed by atoms with Crippen molar-refractivity contribution in [2.75, 3.05) is 0 Å². The molecule has 164 valence electrons. The van der Waals surface area contributed by atoms with E-state index in [1.165, 1.54) is 4.57 Å². The van der Waals surface area contributed by atoms with E-state index in [4.69, 9.17) is 16.1 Å². The summed E-state index contributed by atoms with van der Waals surface area (Å²) in [5, 5.41) is 4.37. The van der Waals surface area contributed by atoms with E-state index in [1.54, 1.807) is 4.57 Å². The van der Waals surface area contributed by atoms with Gasteiger partial charge >= 0.3 is 5.69 Å². The summed E-state index contributed by atoms with van der Waals surface area (Å²) in [6.07, 6.45) is 5.59. The zero-order chi connectivity index (χ0) is 22.0. The Hall–Kier alpha value is -2.94. The number of aliphatic imine (C=N–C) groups is 1. The van der Waals surface area contributed by atoms with Crippen molar-refractivity contribution in [1.29, 1.82) is 0 Å². The molecule has 0 aromatic carbocycles. The summed E-state index contributed by atoms with van der Waals surface area (Å²) in [5.74, 6) is 1.52. The predicted octanol–water partition coefficient (Wildman–Crippen LogP) is 2.58. The van der Waals surface area contributed by atoms with Crippen LogP contribution in [0.25, 0.3) is 0 Å². The Morgan fingerprint density at radius 3 is 2.74 bits per heavy atom. The van der Waals surface area contributed by atoms with Crippen LogP contribution in [-0.2, 0) is 39.4 Å². The summed E-state index contributed by atoms with van der Waals surface area (Å²) in [5.41, 5.74) is 0.915. The maximum absolute atomic E-state index is 13.0. The molecule has 0 unspecified atom stereocenters. The van der Waals surface area contributed by atoms with Crippen molar-refractivity contribution in [3.63, 3.8) is 0 Å². The third-order valence-electron chi connectivity index (χ3n) is 5.45. The van der Waals surface area contributed by atoms with E-state index in [9.17, 15) is 9.59 Å². The van der Waals surface area contributed by atoms with E-state index in [-0.39, 0.29) is 24.2 Å². The highest BCUT2D eigenvalue weighted by molar-refractivity contribution is 6.66. The molecule has 1 aliphatic rings. The molecule has 0 saturated heterocycles. The lowest BCUT2D eigenvalue weighted by Crippen LogP contribution is -2.41. The lowest BCUT2D eigenvalue weighted by Gasteiger charge is -2.13. The lowest BCUT2D eigenvalue weighted by atomic mass is 10.2. The Bertz CT molecular complexity index is 1230. The Labute approximate surface area is 184 Å². The quantitative estimate of drug-likeness (QED) is 0.505. The number of nitrogens with zero attached hydrogens (tertiary/aromatic N) is 6. The van der Waals surface area contributed by atoms with Crippen LogP contribution < -0.4 is 11.2 Å². The van der Waals surface area contributed by atoms with Crippen LogP contribution in [0.1, 0.15) is 49.2 Å². The molecule has 0 aliphatic carbocycles. The topological polar surface area (TPSA) is 100 Å². The minimum atomic E-state index is -0.345. The van der Waals surface area contributed by atoms with E-state index >= 15 is 0 Å². The molecule has 9 nitrogen and oxygen atoms in total. The van der Waals surface area contributed by atoms with Gasteiger partial charge in [0.25, 0.3) is 5.56 Å². The van der Waals surface area contributed by atoms with Gasteiger partial charge in [0.15, 0.2) is 5.82 Å². The standard InChI is InChI=1S/C21H25ClN6O3/c1-3-4-10-27-19-15(13-16(22)23-19)20(29)28(21(27)30)11-6-8-18-24-17(25-31-18)12-14-7-5-9-26(14)2/h5,7,9H,3-4,6,8,10-13H2,1-2H3. The first-order valence-corrected chi connectivity index (χ1v) is 10.9. The smallest absolute Gasteiger partial charge is 0.332 e. The first-order valence-electron chi connectivity index (χ1n) is 10.5. The molecule has 0 amide bonds. The van der Waals surface area contributed by atoms with Crippen LogP contribution in [0.15, 0.2) is 37.4 Å². The number of hydrogen-bond acceptors (Lipinski definition) is 6. The Morgan fingerprint density at radius 1 is 1.19 bits per heavy atom. The first kappa shape index (κ1) is 21.3. The SMILES string of the molecule is CCCCn1c2c(c(=O)n(CCCc3nc(Cc4cccn4C)no3)c1=O)CC(Cl)=N2. The first-order chi connectivity index (χ1) is 15.0. The van der Waals surface area contributed by atoms with E-state index in [1.807, 2.05) is 36.9 Å². The summed E-state index contributed by atoms with van der Waals surface area (Å²) in [6, 6.07) is 3.98. The summed E-state index contributed by atoms with van der Waals surface area (Å²) in [7, 11) is 1.97. The molecule has 31 heavy (non-hydrogen) atoms. The fourth-order valence-corrected chi connectivity index (χ4v) is 3.95. The van der Waals surface area contributed by atoms with Gasteiger partial charge in [-0.25, -0.2) is 9.79 Å². The molecule has 0 fully saturated rings. The molecule has 0 saturated carbocycles. The second kappa shape index (κ2) is 9.05. The number of aromatic nitrogens is 5. The van der Waals surface area contributed by atoms with Crippen LogP contribution in [0.2, 0.25) is 0 Å². The van der Waals surface area contributed by atoms with Gasteiger partial charge in [-0.3, -0.25) is 13.9 Å². The lowest BCUT2D eigenvalue weighted by molar-refractivity contribution is 0.366. The van der Waals surface area contributed by atoms with Gasteiger partial charge in [-0.1, -0.05) is 30.1 Å². The minimum Gasteiger partial charge on any atom is -0.354 e. The van der Waals surface area contributed by atoms with E-state index in [0.717, 1.165) is 18.5 Å². The van der Waals surface area contributed by atoms with Gasteiger partial charge in [0.05, 0.1) is 12.0 Å². The summed E-state index contributed by atoms with van der Waals surface area (Å²) in [4.78, 5) is 34.5. The van der Waals surface area contributed by atoms with Gasteiger partial charge in [-0.2, -0.15) is 4.98 Å². The number of hydrogen-bond donors (Lipinski definition) is 0. The highest BCUT2D eigenvalue weighted by atomic mass is 35.5. The Morgan fingerprint density at radius 2 is 2.00 bits per heavy atom. The normalized spacial score (nSPS) is 12.9. The number of aryl methyl sites for hydroxylation is 2. The fourth-order valence-electron chi connectivity index (χ4n) is 3.74. The van der Waals surface area contributed by atoms with Crippen molar-refractivity contribution in [2.45, 2.75) is 58.5 Å². The number of rotatable bonds is 9. The molecule has 0 N–H and O–H groups in total. The van der Waals surface area contributed by atoms with Crippen molar-refractivity contribution < 1.29 is 4.52 Å². The van der Waals surface area contributed by atoms with Gasteiger partial charge in [0.1, 0.15) is 11.0 Å². The van der Waals surface area contributed by atoms with Crippen LogP contribution in [0.5, 0.6) is 0 Å². The molecule has 4 heterocycles. The molecule has 3 aromatic rings. The van der Waals surface area contributed by atoms with Crippen LogP contribution >= 0.6 is 11.6 Å². The van der Waals surface area contributed by atoms with E-state index in [0.29, 0.717) is 54.1 Å². The number of unbranched alkanes of at least 4 members (excludes halogenated alkanes) is 1. The molecule has 1 aliphatic heterocycles. The highest BCUT2D eigenvalue weighted by Gasteiger charge is 2.24. The monoisotopic (exact) mass is 444 g/mol. The Kier molecular flexibility index (Phi) is 6.22. The third-order valence-corrected chi connectivity index (χ3v) is 5.67. The zero-order valence-corrected chi connectivity index (χ0v) is 18.4. The molecule has 0 atom stereocenters. The second-order valence-corrected chi connectivity index (χ2v) is 8.14. The van der Waals surface area contributed by atoms with Gasteiger partial charge < -0.3 is 9.09 Å². The van der Waals surface area contributed by atoms with Crippen LogP contribution in [0.4, 0.5) is 5.82 Å². The Balaban J connectivity index is 1.47. The highest BCUT2D eigenvalue weighted by Crippen LogP contribution is 2.24. The molecular formula is C21H25ClN6O3. The van der Waals surface area contributed by atoms with Crippen molar-refractivity contribution in [2.24, 2.45) is 12.0 Å². The van der Waals surface area contributed by atoms with E-state index in [2.05, 4.69) is 15.1 Å². The third kappa shape index (κ3) is 4.41.